The van der Waals surface area contributed by atoms with Crippen LogP contribution in [0.3, 0.4) is 0 Å². The standard InChI is InChI=1S/C23H23N3O4/c27-23(25-11-13-30-14-12-25)20-6-2-5-19-17-3-1-4-18(17)21(24-22(19)20)15-7-9-16(10-8-15)26(28)29/h1-3,5-10,17-18,21,24H,4,11-14H2/t17-,18-,21+/m0/s1. The van der Waals surface area contributed by atoms with Crippen molar-refractivity contribution in [3.8, 4) is 0 Å². The summed E-state index contributed by atoms with van der Waals surface area (Å²) in [5.74, 6) is 0.553. The highest BCUT2D eigenvalue weighted by atomic mass is 16.6. The van der Waals surface area contributed by atoms with Crippen LogP contribution in [-0.2, 0) is 4.74 Å². The molecule has 2 aromatic rings. The molecular weight excluding hydrogens is 382 g/mol. The van der Waals surface area contributed by atoms with E-state index in [2.05, 4.69) is 23.5 Å². The van der Waals surface area contributed by atoms with Crippen molar-refractivity contribution >= 4 is 17.3 Å². The van der Waals surface area contributed by atoms with Crippen molar-refractivity contribution < 1.29 is 14.5 Å². The van der Waals surface area contributed by atoms with Gasteiger partial charge in [0.2, 0.25) is 0 Å². The lowest BCUT2D eigenvalue weighted by Crippen LogP contribution is -2.41. The van der Waals surface area contributed by atoms with Crippen LogP contribution in [0.5, 0.6) is 0 Å². The number of nitro benzene ring substituents is 1. The second kappa shape index (κ2) is 7.57. The minimum atomic E-state index is -0.383. The highest BCUT2D eigenvalue weighted by Crippen LogP contribution is 2.50. The van der Waals surface area contributed by atoms with Gasteiger partial charge in [-0.1, -0.05) is 36.4 Å². The van der Waals surface area contributed by atoms with Crippen LogP contribution >= 0.6 is 0 Å². The van der Waals surface area contributed by atoms with E-state index in [0.29, 0.717) is 37.8 Å². The molecule has 1 saturated heterocycles. The number of hydrogen-bond donors (Lipinski definition) is 1. The summed E-state index contributed by atoms with van der Waals surface area (Å²) in [6, 6.07) is 12.7. The monoisotopic (exact) mass is 405 g/mol. The van der Waals surface area contributed by atoms with Gasteiger partial charge in [0.1, 0.15) is 0 Å². The summed E-state index contributed by atoms with van der Waals surface area (Å²) in [6.45, 7) is 2.32. The molecule has 1 fully saturated rings. The van der Waals surface area contributed by atoms with Crippen molar-refractivity contribution in [3.63, 3.8) is 0 Å². The normalized spacial score (nSPS) is 24.7. The Morgan fingerprint density at radius 1 is 1.13 bits per heavy atom. The minimum Gasteiger partial charge on any atom is -0.378 e. The van der Waals surface area contributed by atoms with Gasteiger partial charge in [0.05, 0.1) is 35.4 Å². The molecule has 154 valence electrons. The number of carbonyl (C=O) groups is 1. The number of fused-ring (bicyclic) bond motifs is 3. The molecule has 1 amide bonds. The van der Waals surface area contributed by atoms with Gasteiger partial charge in [-0.25, -0.2) is 0 Å². The van der Waals surface area contributed by atoms with E-state index >= 15 is 0 Å². The number of rotatable bonds is 3. The van der Waals surface area contributed by atoms with Crippen LogP contribution < -0.4 is 5.32 Å². The van der Waals surface area contributed by atoms with Gasteiger partial charge in [-0.15, -0.1) is 0 Å². The van der Waals surface area contributed by atoms with Gasteiger partial charge in [-0.05, 0) is 29.5 Å². The average Bonchev–Trinajstić information content (AvgIpc) is 3.28. The maximum Gasteiger partial charge on any atom is 0.269 e. The molecule has 2 aromatic carbocycles. The van der Waals surface area contributed by atoms with Crippen LogP contribution in [-0.4, -0.2) is 42.0 Å². The number of nitrogens with zero attached hydrogens (tertiary/aromatic N) is 2. The number of benzene rings is 2. The number of hydrogen-bond acceptors (Lipinski definition) is 5. The number of para-hydroxylation sites is 1. The molecule has 7 nitrogen and oxygen atoms in total. The molecular formula is C23H23N3O4. The van der Waals surface area contributed by atoms with Gasteiger partial charge in [0.15, 0.2) is 0 Å². The third-order valence-corrected chi connectivity index (χ3v) is 6.39. The maximum atomic E-state index is 13.3. The van der Waals surface area contributed by atoms with Crippen LogP contribution in [0.1, 0.15) is 39.9 Å². The third-order valence-electron chi connectivity index (χ3n) is 6.39. The van der Waals surface area contributed by atoms with E-state index in [4.69, 9.17) is 4.74 Å². The van der Waals surface area contributed by atoms with E-state index in [1.165, 1.54) is 0 Å². The summed E-state index contributed by atoms with van der Waals surface area (Å²) in [7, 11) is 0. The highest BCUT2D eigenvalue weighted by molar-refractivity contribution is 6.01. The number of allylic oxidation sites excluding steroid dienone is 2. The van der Waals surface area contributed by atoms with Crippen molar-refractivity contribution in [1.82, 2.24) is 4.90 Å². The second-order valence-corrected chi connectivity index (χ2v) is 8.00. The fourth-order valence-corrected chi connectivity index (χ4v) is 4.87. The number of amides is 1. The molecule has 2 heterocycles. The molecule has 3 aliphatic rings. The smallest absolute Gasteiger partial charge is 0.269 e. The number of non-ortho nitro benzene ring substituents is 1. The van der Waals surface area contributed by atoms with Gasteiger partial charge in [0.25, 0.3) is 11.6 Å². The molecule has 0 aromatic heterocycles. The predicted octanol–water partition coefficient (Wildman–Crippen LogP) is 3.89. The molecule has 1 aliphatic carbocycles. The van der Waals surface area contributed by atoms with Crippen LogP contribution in [0, 0.1) is 16.0 Å². The summed E-state index contributed by atoms with van der Waals surface area (Å²) in [4.78, 5) is 25.8. The van der Waals surface area contributed by atoms with Gasteiger partial charge >= 0.3 is 0 Å². The summed E-state index contributed by atoms with van der Waals surface area (Å²) < 4.78 is 5.39. The number of nitro groups is 1. The molecule has 7 heteroatoms. The van der Waals surface area contributed by atoms with Crippen molar-refractivity contribution in [3.05, 3.63) is 81.4 Å². The van der Waals surface area contributed by atoms with E-state index in [9.17, 15) is 14.9 Å². The van der Waals surface area contributed by atoms with Crippen LogP contribution in [0.25, 0.3) is 0 Å². The topological polar surface area (TPSA) is 84.7 Å². The van der Waals surface area contributed by atoms with E-state index in [1.54, 1.807) is 12.1 Å². The number of morpholine rings is 1. The van der Waals surface area contributed by atoms with E-state index in [1.807, 2.05) is 29.2 Å². The molecule has 2 aliphatic heterocycles. The first-order valence-electron chi connectivity index (χ1n) is 10.3. The summed E-state index contributed by atoms with van der Waals surface area (Å²) in [5, 5.41) is 14.7. The maximum absolute atomic E-state index is 13.3. The lowest BCUT2D eigenvalue weighted by atomic mass is 9.76. The summed E-state index contributed by atoms with van der Waals surface area (Å²) in [6.07, 6.45) is 5.35. The molecule has 0 spiro atoms. The Morgan fingerprint density at radius 3 is 2.63 bits per heavy atom. The number of carbonyl (C=O) groups excluding carboxylic acids is 1. The van der Waals surface area contributed by atoms with Crippen molar-refractivity contribution in [1.29, 1.82) is 0 Å². The first-order valence-corrected chi connectivity index (χ1v) is 10.3. The Bertz CT molecular complexity index is 1010. The highest BCUT2D eigenvalue weighted by Gasteiger charge is 2.39. The van der Waals surface area contributed by atoms with Gasteiger partial charge in [-0.2, -0.15) is 0 Å². The Labute approximate surface area is 174 Å². The number of ether oxygens (including phenoxy) is 1. The third kappa shape index (κ3) is 3.15. The van der Waals surface area contributed by atoms with Gasteiger partial charge in [0, 0.05) is 31.1 Å². The fraction of sp³-hybridized carbons (Fsp3) is 0.348. The molecule has 3 atom stereocenters. The van der Waals surface area contributed by atoms with E-state index < -0.39 is 0 Å². The zero-order valence-corrected chi connectivity index (χ0v) is 16.5. The molecule has 5 rings (SSSR count). The SMILES string of the molecule is O=C(c1cccc2c1N[C@H](c1ccc([N+](=O)[O-])cc1)[C@H]1CC=C[C@H]21)N1CCOCC1. The zero-order chi connectivity index (χ0) is 20.7. The first kappa shape index (κ1) is 18.8. The molecule has 1 N–H and O–H groups in total. The van der Waals surface area contributed by atoms with Crippen molar-refractivity contribution in [2.24, 2.45) is 5.92 Å². The van der Waals surface area contributed by atoms with Crippen LogP contribution in [0.2, 0.25) is 0 Å². The zero-order valence-electron chi connectivity index (χ0n) is 16.5. The van der Waals surface area contributed by atoms with E-state index in [-0.39, 0.29) is 28.5 Å². The second-order valence-electron chi connectivity index (χ2n) is 8.00. The fourth-order valence-electron chi connectivity index (χ4n) is 4.87. The molecule has 0 saturated carbocycles. The van der Waals surface area contributed by atoms with Gasteiger partial charge < -0.3 is 15.0 Å². The number of anilines is 1. The Balaban J connectivity index is 1.52. The minimum absolute atomic E-state index is 0.0167. The van der Waals surface area contributed by atoms with Gasteiger partial charge in [-0.3, -0.25) is 14.9 Å². The molecule has 0 bridgehead atoms. The Hall–Kier alpha value is -3.19. The lowest BCUT2D eigenvalue weighted by molar-refractivity contribution is -0.384. The van der Waals surface area contributed by atoms with Crippen LogP contribution in [0.4, 0.5) is 11.4 Å². The van der Waals surface area contributed by atoms with E-state index in [0.717, 1.165) is 23.2 Å². The summed E-state index contributed by atoms with van der Waals surface area (Å²) >= 11 is 0. The molecule has 0 unspecified atom stereocenters. The lowest BCUT2D eigenvalue weighted by Gasteiger charge is -2.39. The summed E-state index contributed by atoms with van der Waals surface area (Å²) in [5.41, 5.74) is 3.79. The first-order chi connectivity index (χ1) is 14.6. The largest absolute Gasteiger partial charge is 0.378 e. The Morgan fingerprint density at radius 2 is 1.90 bits per heavy atom. The van der Waals surface area contributed by atoms with Crippen molar-refractivity contribution in [2.75, 3.05) is 31.6 Å². The van der Waals surface area contributed by atoms with Crippen LogP contribution in [0.15, 0.2) is 54.6 Å². The predicted molar refractivity (Wildman–Crippen MR) is 113 cm³/mol. The average molecular weight is 405 g/mol. The quantitative estimate of drug-likeness (QED) is 0.476. The van der Waals surface area contributed by atoms with Crippen molar-refractivity contribution in [2.45, 2.75) is 18.4 Å². The molecule has 30 heavy (non-hydrogen) atoms. The molecule has 0 radical (unpaired) electrons. The number of nitrogens with one attached hydrogen (secondary N) is 1. The Kier molecular flexibility index (Phi) is 4.75.